The summed E-state index contributed by atoms with van der Waals surface area (Å²) in [6.07, 6.45) is 3.34. The Hall–Kier alpha value is -3.58. The number of benzene rings is 2. The van der Waals surface area contributed by atoms with Crippen LogP contribution in [-0.2, 0) is 0 Å². The Morgan fingerprint density at radius 1 is 1.06 bits per heavy atom. The zero-order chi connectivity index (χ0) is 23.7. The van der Waals surface area contributed by atoms with Crippen molar-refractivity contribution in [3.8, 4) is 17.0 Å². The maximum absolute atomic E-state index is 13.4. The maximum atomic E-state index is 13.4. The van der Waals surface area contributed by atoms with E-state index in [4.69, 9.17) is 16.3 Å². The molecule has 2 aromatic heterocycles. The predicted molar refractivity (Wildman–Crippen MR) is 134 cm³/mol. The summed E-state index contributed by atoms with van der Waals surface area (Å²) in [5, 5.41) is 5.23. The van der Waals surface area contributed by atoms with Gasteiger partial charge in [0.2, 0.25) is 0 Å². The molecule has 0 saturated carbocycles. The van der Waals surface area contributed by atoms with Crippen molar-refractivity contribution in [2.24, 2.45) is 0 Å². The summed E-state index contributed by atoms with van der Waals surface area (Å²) in [5.41, 5.74) is 5.22. The van der Waals surface area contributed by atoms with Crippen LogP contribution in [0.2, 0.25) is 5.02 Å². The van der Waals surface area contributed by atoms with E-state index >= 15 is 0 Å². The molecule has 1 saturated heterocycles. The number of aromatic nitrogens is 3. The molecule has 34 heavy (non-hydrogen) atoms. The maximum Gasteiger partial charge on any atom is 0.259 e. The lowest BCUT2D eigenvalue weighted by molar-refractivity contribution is 0.0748. The van der Waals surface area contributed by atoms with E-state index in [9.17, 15) is 4.79 Å². The first-order chi connectivity index (χ1) is 16.5. The summed E-state index contributed by atoms with van der Waals surface area (Å²) in [4.78, 5) is 22.0. The lowest BCUT2D eigenvalue weighted by Gasteiger charge is -2.36. The average Bonchev–Trinajstić information content (AvgIpc) is 3.30. The van der Waals surface area contributed by atoms with Gasteiger partial charge in [-0.25, -0.2) is 9.50 Å². The summed E-state index contributed by atoms with van der Waals surface area (Å²) in [5.74, 6) is 0.772. The number of carbonyl (C=O) groups is 1. The SMILES string of the molecule is CCOc1ccc(-c2ccnc3c(C(=O)N4CCN(c5cc(Cl)ccc5C)CC4)cnn23)cc1. The number of anilines is 1. The van der Waals surface area contributed by atoms with Crippen molar-refractivity contribution in [2.45, 2.75) is 13.8 Å². The quantitative estimate of drug-likeness (QED) is 0.418. The van der Waals surface area contributed by atoms with Gasteiger partial charge in [-0.05, 0) is 61.9 Å². The molecule has 3 heterocycles. The van der Waals surface area contributed by atoms with E-state index < -0.39 is 0 Å². The highest BCUT2D eigenvalue weighted by Crippen LogP contribution is 2.27. The summed E-state index contributed by atoms with van der Waals surface area (Å²) >= 11 is 6.20. The molecule has 0 radical (unpaired) electrons. The molecule has 0 aliphatic carbocycles. The fourth-order valence-electron chi connectivity index (χ4n) is 4.39. The van der Waals surface area contributed by atoms with Crippen LogP contribution < -0.4 is 9.64 Å². The molecule has 0 spiro atoms. The largest absolute Gasteiger partial charge is 0.494 e. The second kappa shape index (κ2) is 9.35. The van der Waals surface area contributed by atoms with Gasteiger partial charge < -0.3 is 14.5 Å². The predicted octanol–water partition coefficient (Wildman–Crippen LogP) is 4.72. The number of carbonyl (C=O) groups excluding carboxylic acids is 1. The third kappa shape index (κ3) is 4.19. The Morgan fingerprint density at radius 3 is 2.56 bits per heavy atom. The van der Waals surface area contributed by atoms with Crippen LogP contribution in [0.15, 0.2) is 60.9 Å². The second-order valence-electron chi connectivity index (χ2n) is 8.29. The number of rotatable bonds is 5. The van der Waals surface area contributed by atoms with Crippen LogP contribution in [0.1, 0.15) is 22.8 Å². The van der Waals surface area contributed by atoms with Crippen molar-refractivity contribution in [2.75, 3.05) is 37.7 Å². The number of fused-ring (bicyclic) bond motifs is 1. The van der Waals surface area contributed by atoms with Crippen molar-refractivity contribution in [1.29, 1.82) is 0 Å². The van der Waals surface area contributed by atoms with Gasteiger partial charge in [-0.15, -0.1) is 0 Å². The number of hydrogen-bond donors (Lipinski definition) is 0. The van der Waals surface area contributed by atoms with Crippen LogP contribution in [0.5, 0.6) is 5.75 Å². The van der Waals surface area contributed by atoms with Crippen molar-refractivity contribution < 1.29 is 9.53 Å². The number of amides is 1. The monoisotopic (exact) mass is 475 g/mol. The smallest absolute Gasteiger partial charge is 0.259 e. The Balaban J connectivity index is 1.35. The van der Waals surface area contributed by atoms with Gasteiger partial charge >= 0.3 is 0 Å². The van der Waals surface area contributed by atoms with Crippen LogP contribution in [0.3, 0.4) is 0 Å². The van der Waals surface area contributed by atoms with Crippen LogP contribution in [0.4, 0.5) is 5.69 Å². The van der Waals surface area contributed by atoms with Crippen molar-refractivity contribution in [1.82, 2.24) is 19.5 Å². The van der Waals surface area contributed by atoms with E-state index in [1.807, 2.05) is 60.4 Å². The van der Waals surface area contributed by atoms with Gasteiger partial charge in [-0.2, -0.15) is 5.10 Å². The summed E-state index contributed by atoms with van der Waals surface area (Å²) in [7, 11) is 0. The number of hydrogen-bond acceptors (Lipinski definition) is 5. The molecule has 1 aliphatic heterocycles. The van der Waals surface area contributed by atoms with Crippen LogP contribution in [-0.4, -0.2) is 58.2 Å². The number of ether oxygens (including phenoxy) is 1. The molecule has 5 rings (SSSR count). The number of nitrogens with zero attached hydrogens (tertiary/aromatic N) is 5. The molecule has 0 N–H and O–H groups in total. The van der Waals surface area contributed by atoms with E-state index in [0.717, 1.165) is 40.8 Å². The standard InChI is InChI=1S/C26H26ClN5O2/c1-3-34-21-8-5-19(6-9-21)23-10-11-28-25-22(17-29-32(23)25)26(33)31-14-12-30(13-15-31)24-16-20(27)7-4-18(24)2/h4-11,16-17H,3,12-15H2,1-2H3. The van der Waals surface area contributed by atoms with Gasteiger partial charge in [0, 0.05) is 48.6 Å². The Morgan fingerprint density at radius 2 is 1.82 bits per heavy atom. The number of halogens is 1. The van der Waals surface area contributed by atoms with E-state index in [1.165, 1.54) is 5.56 Å². The minimum absolute atomic E-state index is 0.0474. The highest BCUT2D eigenvalue weighted by atomic mass is 35.5. The van der Waals surface area contributed by atoms with E-state index in [1.54, 1.807) is 16.9 Å². The van der Waals surface area contributed by atoms with Crippen molar-refractivity contribution in [3.05, 3.63) is 77.1 Å². The Bertz CT molecular complexity index is 1330. The highest BCUT2D eigenvalue weighted by molar-refractivity contribution is 6.30. The van der Waals surface area contributed by atoms with Crippen LogP contribution >= 0.6 is 11.6 Å². The molecule has 8 heteroatoms. The molecule has 1 amide bonds. The van der Waals surface area contributed by atoms with Gasteiger partial charge in [-0.1, -0.05) is 17.7 Å². The molecule has 1 aliphatic rings. The lowest BCUT2D eigenvalue weighted by atomic mass is 10.1. The molecule has 174 valence electrons. The number of aryl methyl sites for hydroxylation is 1. The van der Waals surface area contributed by atoms with E-state index in [0.29, 0.717) is 30.9 Å². The van der Waals surface area contributed by atoms with Gasteiger partial charge in [0.15, 0.2) is 5.65 Å². The Kier molecular flexibility index (Phi) is 6.11. The molecule has 4 aromatic rings. The topological polar surface area (TPSA) is 63.0 Å². The molecular formula is C26H26ClN5O2. The minimum Gasteiger partial charge on any atom is -0.494 e. The lowest BCUT2D eigenvalue weighted by Crippen LogP contribution is -2.49. The molecule has 0 unspecified atom stereocenters. The molecule has 0 bridgehead atoms. The van der Waals surface area contributed by atoms with Crippen molar-refractivity contribution >= 4 is 28.8 Å². The van der Waals surface area contributed by atoms with E-state index in [2.05, 4.69) is 21.9 Å². The molecular weight excluding hydrogens is 450 g/mol. The van der Waals surface area contributed by atoms with Crippen LogP contribution in [0.25, 0.3) is 16.9 Å². The normalized spacial score (nSPS) is 14.0. The van der Waals surface area contributed by atoms with E-state index in [-0.39, 0.29) is 5.91 Å². The third-order valence-corrected chi connectivity index (χ3v) is 6.41. The van der Waals surface area contributed by atoms with Crippen molar-refractivity contribution in [3.63, 3.8) is 0 Å². The van der Waals surface area contributed by atoms with Gasteiger partial charge in [0.25, 0.3) is 5.91 Å². The average molecular weight is 476 g/mol. The zero-order valence-corrected chi connectivity index (χ0v) is 20.0. The second-order valence-corrected chi connectivity index (χ2v) is 8.73. The molecule has 2 aromatic carbocycles. The van der Waals surface area contributed by atoms with Gasteiger partial charge in [0.05, 0.1) is 18.5 Å². The molecule has 7 nitrogen and oxygen atoms in total. The first-order valence-electron chi connectivity index (χ1n) is 11.4. The Labute approximate surface area is 203 Å². The van der Waals surface area contributed by atoms with Crippen LogP contribution in [0, 0.1) is 6.92 Å². The fourth-order valence-corrected chi connectivity index (χ4v) is 4.56. The third-order valence-electron chi connectivity index (χ3n) is 6.17. The van der Waals surface area contributed by atoms with Gasteiger partial charge in [0.1, 0.15) is 11.3 Å². The fraction of sp³-hybridized carbons (Fsp3) is 0.269. The summed E-state index contributed by atoms with van der Waals surface area (Å²) < 4.78 is 7.27. The summed E-state index contributed by atoms with van der Waals surface area (Å²) in [6, 6.07) is 15.7. The first-order valence-corrected chi connectivity index (χ1v) is 11.8. The minimum atomic E-state index is -0.0474. The summed E-state index contributed by atoms with van der Waals surface area (Å²) in [6.45, 7) is 7.41. The first kappa shape index (κ1) is 22.2. The molecule has 1 fully saturated rings. The highest BCUT2D eigenvalue weighted by Gasteiger charge is 2.26. The molecule has 0 atom stereocenters. The van der Waals surface area contributed by atoms with Gasteiger partial charge in [-0.3, -0.25) is 4.79 Å². The zero-order valence-electron chi connectivity index (χ0n) is 19.2. The number of piperazine rings is 1.